The van der Waals surface area contributed by atoms with Gasteiger partial charge in [0.15, 0.2) is 23.0 Å². The minimum absolute atomic E-state index is 0.000656. The Labute approximate surface area is 375 Å². The standard InChI is InChI=1S/C47H74O17/c1-9-27(52)37(63-39(59)35(57)33(55)24(2)51)38(64-40(60)36(58)34(56)28(53)14-19-48)41(61)62-32-13-15-43(5)29(44(32,6)22-49)12-16-45(7)30(43)11-10-25-26-20-42(3,4)17-18-47(26,23-50)31(54)21-46(25,45)8/h10-11,22-32,39-41,48,51-61H,9,12-21H2,1-8H3/b35-33+,36-34-,38-37+/t24?,25?,26-,27?,28?,29+,30+,31+,32-,39?,40?,41?,43-,44-,45+,46+,47+/m0/s1. The van der Waals surface area contributed by atoms with E-state index in [1.54, 1.807) is 6.92 Å². The van der Waals surface area contributed by atoms with Gasteiger partial charge in [0.1, 0.15) is 30.9 Å². The Balaban J connectivity index is 1.53. The van der Waals surface area contributed by atoms with Gasteiger partial charge in [-0.15, -0.1) is 0 Å². The number of aliphatic hydroxyl groups is 12. The number of aldehydes is 2. The van der Waals surface area contributed by atoms with Gasteiger partial charge >= 0.3 is 0 Å². The molecule has 17 atom stereocenters. The van der Waals surface area contributed by atoms with Crippen molar-refractivity contribution in [1.82, 2.24) is 0 Å². The van der Waals surface area contributed by atoms with Gasteiger partial charge in [-0.05, 0) is 110 Å². The van der Waals surface area contributed by atoms with Crippen molar-refractivity contribution in [2.75, 3.05) is 6.61 Å². The van der Waals surface area contributed by atoms with Crippen LogP contribution in [0.15, 0.2) is 46.7 Å². The molecular formula is C47H74O17. The van der Waals surface area contributed by atoms with Gasteiger partial charge in [0, 0.05) is 13.0 Å². The molecule has 17 nitrogen and oxygen atoms in total. The Morgan fingerprint density at radius 3 is 1.89 bits per heavy atom. The molecule has 5 aliphatic carbocycles. The van der Waals surface area contributed by atoms with Crippen LogP contribution < -0.4 is 0 Å². The summed E-state index contributed by atoms with van der Waals surface area (Å²) in [4.78, 5) is 26.5. The number of carbonyl (C=O) groups is 2. The van der Waals surface area contributed by atoms with Crippen molar-refractivity contribution in [3.05, 3.63) is 46.7 Å². The van der Waals surface area contributed by atoms with E-state index in [4.69, 9.17) is 14.2 Å². The second-order valence-corrected chi connectivity index (χ2v) is 21.1. The third-order valence-corrected chi connectivity index (χ3v) is 17.0. The zero-order valence-electron chi connectivity index (χ0n) is 38.4. The number of ether oxygens (including phenoxy) is 3. The number of hydrogen-bond acceptors (Lipinski definition) is 17. The smallest absolute Gasteiger partial charge is 0.259 e. The molecule has 0 amide bonds. The summed E-state index contributed by atoms with van der Waals surface area (Å²) >= 11 is 0. The molecule has 0 heterocycles. The molecule has 64 heavy (non-hydrogen) atoms. The van der Waals surface area contributed by atoms with Crippen molar-refractivity contribution in [1.29, 1.82) is 0 Å². The van der Waals surface area contributed by atoms with Crippen molar-refractivity contribution in [3.8, 4) is 0 Å². The topological polar surface area (TPSA) is 305 Å². The molecule has 364 valence electrons. The first-order chi connectivity index (χ1) is 29.7. The van der Waals surface area contributed by atoms with Crippen molar-refractivity contribution >= 4 is 12.6 Å². The quantitative estimate of drug-likeness (QED) is 0.0423. The lowest BCUT2D eigenvalue weighted by Gasteiger charge is -2.72. The fourth-order valence-electron chi connectivity index (χ4n) is 12.9. The average molecular weight is 911 g/mol. The lowest BCUT2D eigenvalue weighted by molar-refractivity contribution is -0.251. The summed E-state index contributed by atoms with van der Waals surface area (Å²) in [5, 5.41) is 127. The summed E-state index contributed by atoms with van der Waals surface area (Å²) in [6.07, 6.45) is -4.51. The molecule has 0 radical (unpaired) electrons. The van der Waals surface area contributed by atoms with Crippen LogP contribution in [0, 0.1) is 56.2 Å². The summed E-state index contributed by atoms with van der Waals surface area (Å²) in [5.41, 5.74) is -3.40. The number of allylic oxidation sites excluding steroid dienone is 2. The van der Waals surface area contributed by atoms with E-state index in [0.717, 1.165) is 32.3 Å². The molecule has 0 saturated heterocycles. The molecule has 7 unspecified atom stereocenters. The summed E-state index contributed by atoms with van der Waals surface area (Å²) in [7, 11) is 0. The van der Waals surface area contributed by atoms with Crippen LogP contribution in [0.3, 0.4) is 0 Å². The zero-order chi connectivity index (χ0) is 48.1. The highest BCUT2D eigenvalue weighted by Gasteiger charge is 2.71. The summed E-state index contributed by atoms with van der Waals surface area (Å²) in [5.74, 6) is -7.35. The third-order valence-electron chi connectivity index (χ3n) is 17.0. The predicted octanol–water partition coefficient (Wildman–Crippen LogP) is 4.13. The van der Waals surface area contributed by atoms with Crippen molar-refractivity contribution in [2.45, 2.75) is 169 Å². The molecule has 4 fully saturated rings. The van der Waals surface area contributed by atoms with Crippen LogP contribution in [0.4, 0.5) is 0 Å². The van der Waals surface area contributed by atoms with Gasteiger partial charge < -0.3 is 85.1 Å². The van der Waals surface area contributed by atoms with Gasteiger partial charge in [0.2, 0.25) is 17.8 Å². The van der Waals surface area contributed by atoms with Crippen LogP contribution in [0.25, 0.3) is 0 Å². The second kappa shape index (κ2) is 18.8. The average Bonchev–Trinajstić information content (AvgIpc) is 3.24. The molecule has 12 N–H and O–H groups in total. The molecule has 0 aliphatic heterocycles. The molecule has 5 aliphatic rings. The van der Waals surface area contributed by atoms with Crippen LogP contribution in [0.5, 0.6) is 0 Å². The number of hydrogen-bond donors (Lipinski definition) is 12. The fourth-order valence-corrected chi connectivity index (χ4v) is 12.9. The number of aliphatic hydroxyl groups excluding tert-OH is 12. The maximum absolute atomic E-state index is 13.6. The Kier molecular flexibility index (Phi) is 15.2. The molecule has 0 spiro atoms. The zero-order valence-corrected chi connectivity index (χ0v) is 38.4. The highest BCUT2D eigenvalue weighted by atomic mass is 16.7. The van der Waals surface area contributed by atoms with Crippen LogP contribution in [0.2, 0.25) is 0 Å². The van der Waals surface area contributed by atoms with E-state index in [1.807, 2.05) is 0 Å². The minimum Gasteiger partial charge on any atom is -0.506 e. The summed E-state index contributed by atoms with van der Waals surface area (Å²) in [6, 6.07) is 0. The molecule has 4 saturated carbocycles. The van der Waals surface area contributed by atoms with E-state index in [0.29, 0.717) is 32.1 Å². The predicted molar refractivity (Wildman–Crippen MR) is 229 cm³/mol. The van der Waals surface area contributed by atoms with Crippen molar-refractivity contribution in [2.24, 2.45) is 56.2 Å². The first-order valence-corrected chi connectivity index (χ1v) is 22.6. The lowest BCUT2D eigenvalue weighted by atomic mass is 9.32. The van der Waals surface area contributed by atoms with Crippen LogP contribution in [0.1, 0.15) is 120 Å². The third kappa shape index (κ3) is 8.62. The van der Waals surface area contributed by atoms with E-state index >= 15 is 0 Å². The minimum atomic E-state index is -2.63. The molecular weight excluding hydrogens is 836 g/mol. The SMILES string of the molecule is CCC(O)/C(OC(O)/C(O)=C(\O)C(C)O)=C(\OC(O)/C(O)=C(/O)C(O)CCO)C(O)O[C@H]1CC[C@]2(C)[C@H]3C=CC4[C@@H]5CC(C)(C)CC[C@]5(C=O)[C@H](O)C[C@@]4(C)[C@]3(C)CC[C@H]2[C@]1(C)C=O. The Morgan fingerprint density at radius 1 is 0.719 bits per heavy atom. The van der Waals surface area contributed by atoms with Gasteiger partial charge in [-0.25, -0.2) is 0 Å². The van der Waals surface area contributed by atoms with Gasteiger partial charge in [0.25, 0.3) is 12.6 Å². The highest BCUT2D eigenvalue weighted by Crippen LogP contribution is 2.75. The van der Waals surface area contributed by atoms with Crippen molar-refractivity contribution < 1.29 is 85.1 Å². The Morgan fingerprint density at radius 2 is 1.33 bits per heavy atom. The molecule has 0 aromatic rings. The number of fused-ring (bicyclic) bond motifs is 7. The van der Waals surface area contributed by atoms with Gasteiger partial charge in [-0.1, -0.05) is 60.6 Å². The largest absolute Gasteiger partial charge is 0.506 e. The Hall–Kier alpha value is -3.26. The Bertz CT molecular complexity index is 1840. The normalized spacial score (nSPS) is 40.8. The second-order valence-electron chi connectivity index (χ2n) is 21.1. The molecule has 17 heteroatoms. The van der Waals surface area contributed by atoms with Crippen molar-refractivity contribution in [3.63, 3.8) is 0 Å². The first-order valence-electron chi connectivity index (χ1n) is 22.6. The summed E-state index contributed by atoms with van der Waals surface area (Å²) in [6.45, 7) is 14.7. The maximum atomic E-state index is 13.6. The first kappa shape index (κ1) is 51.7. The van der Waals surface area contributed by atoms with E-state index < -0.39 is 119 Å². The number of rotatable bonds is 17. The number of carbonyl (C=O) groups excluding carboxylic acids is 2. The van der Waals surface area contributed by atoms with Gasteiger partial charge in [0.05, 0.1) is 23.0 Å². The van der Waals surface area contributed by atoms with E-state index in [2.05, 4.69) is 46.8 Å². The monoisotopic (exact) mass is 910 g/mol. The molecule has 5 rings (SSSR count). The molecule has 0 aromatic heterocycles. The molecule has 0 aromatic carbocycles. The van der Waals surface area contributed by atoms with Crippen LogP contribution >= 0.6 is 0 Å². The van der Waals surface area contributed by atoms with E-state index in [1.165, 1.54) is 6.92 Å². The summed E-state index contributed by atoms with van der Waals surface area (Å²) < 4.78 is 17.1. The van der Waals surface area contributed by atoms with Crippen LogP contribution in [-0.2, 0) is 23.8 Å². The lowest BCUT2D eigenvalue weighted by Crippen LogP contribution is -2.68. The van der Waals surface area contributed by atoms with E-state index in [-0.39, 0.29) is 47.3 Å². The van der Waals surface area contributed by atoms with Gasteiger partial charge in [-0.2, -0.15) is 0 Å². The van der Waals surface area contributed by atoms with E-state index in [9.17, 15) is 70.9 Å². The van der Waals surface area contributed by atoms with Crippen LogP contribution in [-0.4, -0.2) is 130 Å². The molecule has 0 bridgehead atoms. The fraction of sp³-hybridized carbons (Fsp3) is 0.787. The highest BCUT2D eigenvalue weighted by molar-refractivity contribution is 5.63. The van der Waals surface area contributed by atoms with Gasteiger partial charge in [-0.3, -0.25) is 0 Å². The maximum Gasteiger partial charge on any atom is 0.259 e.